The van der Waals surface area contributed by atoms with Gasteiger partial charge < -0.3 is 9.16 Å². The average molecular weight is 326 g/mol. The number of hydrogen-bond acceptors (Lipinski definition) is 3. The second-order valence-corrected chi connectivity index (χ2v) is 13.7. The molecule has 5 heteroatoms. The molecular formula is C17H31NO3Si. The second kappa shape index (κ2) is 5.37. The van der Waals surface area contributed by atoms with Gasteiger partial charge in [-0.2, -0.15) is 0 Å². The molecule has 0 aliphatic carbocycles. The van der Waals surface area contributed by atoms with Gasteiger partial charge >= 0.3 is 6.09 Å². The molecule has 1 fully saturated rings. The van der Waals surface area contributed by atoms with Gasteiger partial charge in [-0.15, -0.1) is 0 Å². The lowest BCUT2D eigenvalue weighted by Crippen LogP contribution is -2.48. The van der Waals surface area contributed by atoms with E-state index in [2.05, 4.69) is 46.0 Å². The van der Waals surface area contributed by atoms with E-state index < -0.39 is 13.9 Å². The van der Waals surface area contributed by atoms with Crippen LogP contribution in [0.15, 0.2) is 12.2 Å². The van der Waals surface area contributed by atoms with Crippen LogP contribution in [-0.4, -0.2) is 43.1 Å². The van der Waals surface area contributed by atoms with E-state index in [4.69, 9.17) is 9.16 Å². The lowest BCUT2D eigenvalue weighted by molar-refractivity contribution is 0.0197. The summed E-state index contributed by atoms with van der Waals surface area (Å²) >= 11 is 0. The van der Waals surface area contributed by atoms with Crippen LogP contribution in [0.1, 0.15) is 48.0 Å². The van der Waals surface area contributed by atoms with E-state index in [-0.39, 0.29) is 29.3 Å². The minimum atomic E-state index is -1.83. The normalized spacial score (nSPS) is 28.4. The SMILES string of the molecule is CC(C)(C)OC(=O)N1[C@@H]2C=C[C@H]1[C@@H](O[Si](C)(C)C(C)(C)C)C2. The minimum absolute atomic E-state index is 0.0222. The zero-order valence-corrected chi connectivity index (χ0v) is 16.3. The zero-order valence-electron chi connectivity index (χ0n) is 15.3. The van der Waals surface area contributed by atoms with Crippen LogP contribution in [0, 0.1) is 0 Å². The van der Waals surface area contributed by atoms with Gasteiger partial charge in [-0.3, -0.25) is 4.90 Å². The molecule has 0 radical (unpaired) electrons. The highest BCUT2D eigenvalue weighted by atomic mass is 28.4. The molecule has 0 saturated carbocycles. The van der Waals surface area contributed by atoms with Crippen LogP contribution in [0.2, 0.25) is 18.1 Å². The minimum Gasteiger partial charge on any atom is -0.444 e. The molecule has 2 bridgehead atoms. The molecule has 0 aromatic rings. The van der Waals surface area contributed by atoms with Crippen molar-refractivity contribution in [1.29, 1.82) is 0 Å². The Morgan fingerprint density at radius 2 is 1.73 bits per heavy atom. The lowest BCUT2D eigenvalue weighted by Gasteiger charge is -2.39. The average Bonchev–Trinajstić information content (AvgIpc) is 2.80. The molecule has 0 N–H and O–H groups in total. The Morgan fingerprint density at radius 3 is 2.23 bits per heavy atom. The van der Waals surface area contributed by atoms with Crippen molar-refractivity contribution in [3.05, 3.63) is 12.2 Å². The van der Waals surface area contributed by atoms with Gasteiger partial charge in [0.15, 0.2) is 8.32 Å². The van der Waals surface area contributed by atoms with Crippen LogP contribution in [0.4, 0.5) is 4.79 Å². The van der Waals surface area contributed by atoms with Crippen LogP contribution in [0.5, 0.6) is 0 Å². The third-order valence-electron chi connectivity index (χ3n) is 4.92. The van der Waals surface area contributed by atoms with Gasteiger partial charge in [-0.1, -0.05) is 32.9 Å². The number of fused-ring (bicyclic) bond motifs is 2. The monoisotopic (exact) mass is 325 g/mol. The fourth-order valence-corrected chi connectivity index (χ4v) is 4.11. The predicted octanol–water partition coefficient (Wildman–Crippen LogP) is 4.32. The summed E-state index contributed by atoms with van der Waals surface area (Å²) in [6.07, 6.45) is 4.97. The summed E-state index contributed by atoms with van der Waals surface area (Å²) in [5.41, 5.74) is -0.463. The van der Waals surface area contributed by atoms with Gasteiger partial charge in [0.25, 0.3) is 0 Å². The van der Waals surface area contributed by atoms with Gasteiger partial charge in [0.1, 0.15) is 5.60 Å². The van der Waals surface area contributed by atoms with E-state index in [9.17, 15) is 4.79 Å². The molecule has 0 aromatic heterocycles. The molecule has 2 aliphatic rings. The Kier molecular flexibility index (Phi) is 4.28. The number of hydrogen-bond donors (Lipinski definition) is 0. The molecular weight excluding hydrogens is 294 g/mol. The first kappa shape index (κ1) is 17.5. The Bertz CT molecular complexity index is 473. The highest BCUT2D eigenvalue weighted by Gasteiger charge is 2.50. The Hall–Kier alpha value is -0.813. The Morgan fingerprint density at radius 1 is 1.14 bits per heavy atom. The van der Waals surface area contributed by atoms with Crippen molar-refractivity contribution < 1.29 is 14.0 Å². The van der Waals surface area contributed by atoms with Crippen molar-refractivity contribution in [1.82, 2.24) is 4.90 Å². The van der Waals surface area contributed by atoms with E-state index in [1.807, 2.05) is 25.7 Å². The molecule has 3 atom stereocenters. The van der Waals surface area contributed by atoms with Crippen LogP contribution in [-0.2, 0) is 9.16 Å². The molecule has 126 valence electrons. The van der Waals surface area contributed by atoms with Crippen molar-refractivity contribution in [3.8, 4) is 0 Å². The third-order valence-corrected chi connectivity index (χ3v) is 9.42. The molecule has 2 aliphatic heterocycles. The number of nitrogens with zero attached hydrogens (tertiary/aromatic N) is 1. The number of amides is 1. The van der Waals surface area contributed by atoms with Gasteiger partial charge in [0.2, 0.25) is 0 Å². The van der Waals surface area contributed by atoms with Crippen molar-refractivity contribution in [2.24, 2.45) is 0 Å². The van der Waals surface area contributed by atoms with Crippen LogP contribution in [0.25, 0.3) is 0 Å². The molecule has 1 saturated heterocycles. The van der Waals surface area contributed by atoms with Gasteiger partial charge in [0, 0.05) is 0 Å². The van der Waals surface area contributed by atoms with Crippen molar-refractivity contribution in [2.75, 3.05) is 0 Å². The summed E-state index contributed by atoms with van der Waals surface area (Å²) < 4.78 is 12.1. The van der Waals surface area contributed by atoms with E-state index in [0.29, 0.717) is 0 Å². The van der Waals surface area contributed by atoms with E-state index >= 15 is 0 Å². The Labute approximate surface area is 136 Å². The van der Waals surface area contributed by atoms with E-state index in [1.165, 1.54) is 0 Å². The first-order valence-corrected chi connectivity index (χ1v) is 11.1. The summed E-state index contributed by atoms with van der Waals surface area (Å²) in [5.74, 6) is 0. The first-order chi connectivity index (χ1) is 9.82. The predicted molar refractivity (Wildman–Crippen MR) is 91.5 cm³/mol. The summed E-state index contributed by atoms with van der Waals surface area (Å²) in [7, 11) is -1.83. The maximum Gasteiger partial charge on any atom is 0.411 e. The third kappa shape index (κ3) is 3.40. The van der Waals surface area contributed by atoms with Crippen molar-refractivity contribution >= 4 is 14.4 Å². The fourth-order valence-electron chi connectivity index (χ4n) is 2.77. The van der Waals surface area contributed by atoms with Gasteiger partial charge in [0.05, 0.1) is 18.2 Å². The molecule has 0 aromatic carbocycles. The van der Waals surface area contributed by atoms with E-state index in [0.717, 1.165) is 6.42 Å². The molecule has 2 heterocycles. The zero-order chi connectivity index (χ0) is 16.9. The fraction of sp³-hybridized carbons (Fsp3) is 0.824. The van der Waals surface area contributed by atoms with Crippen LogP contribution in [0.3, 0.4) is 0 Å². The summed E-state index contributed by atoms with van der Waals surface area (Å²) in [4.78, 5) is 14.3. The molecule has 22 heavy (non-hydrogen) atoms. The second-order valence-electron chi connectivity index (χ2n) is 8.98. The van der Waals surface area contributed by atoms with Crippen LogP contribution >= 0.6 is 0 Å². The first-order valence-electron chi connectivity index (χ1n) is 8.19. The Balaban J connectivity index is 2.08. The number of rotatable bonds is 2. The number of carbonyl (C=O) groups is 1. The summed E-state index contributed by atoms with van der Waals surface area (Å²) in [5, 5.41) is 0.176. The molecule has 2 rings (SSSR count). The maximum atomic E-state index is 12.4. The smallest absolute Gasteiger partial charge is 0.411 e. The topological polar surface area (TPSA) is 38.8 Å². The summed E-state index contributed by atoms with van der Waals surface area (Å²) in [6, 6.07) is 0.142. The molecule has 0 spiro atoms. The number of ether oxygens (including phenoxy) is 1. The summed E-state index contributed by atoms with van der Waals surface area (Å²) in [6.45, 7) is 17.0. The molecule has 1 amide bonds. The standard InChI is InChI=1S/C17H31NO3Si/c1-16(2,3)20-15(19)18-12-9-10-13(18)14(11-12)21-22(7,8)17(4,5)6/h9-10,12-14H,11H2,1-8H3/t12-,13+,14+/m1/s1. The number of carbonyl (C=O) groups excluding carboxylic acids is 1. The van der Waals surface area contributed by atoms with Crippen LogP contribution < -0.4 is 0 Å². The van der Waals surface area contributed by atoms with E-state index in [1.54, 1.807) is 0 Å². The highest BCUT2D eigenvalue weighted by molar-refractivity contribution is 6.74. The van der Waals surface area contributed by atoms with Gasteiger partial charge in [-0.05, 0) is 45.3 Å². The van der Waals surface area contributed by atoms with Crippen molar-refractivity contribution in [2.45, 2.75) is 89.9 Å². The quantitative estimate of drug-likeness (QED) is 0.560. The highest BCUT2D eigenvalue weighted by Crippen LogP contribution is 2.42. The largest absolute Gasteiger partial charge is 0.444 e. The molecule has 0 unspecified atom stereocenters. The maximum absolute atomic E-state index is 12.4. The van der Waals surface area contributed by atoms with Gasteiger partial charge in [-0.25, -0.2) is 4.79 Å². The molecule has 4 nitrogen and oxygen atoms in total. The van der Waals surface area contributed by atoms with Crippen molar-refractivity contribution in [3.63, 3.8) is 0 Å². The lowest BCUT2D eigenvalue weighted by atomic mass is 10.1.